The fourth-order valence-corrected chi connectivity index (χ4v) is 1.39. The lowest BCUT2D eigenvalue weighted by Crippen LogP contribution is -2.01. The third-order valence-electron chi connectivity index (χ3n) is 2.21. The second kappa shape index (κ2) is 6.00. The van der Waals surface area contributed by atoms with Gasteiger partial charge in [-0.1, -0.05) is 12.1 Å². The van der Waals surface area contributed by atoms with Crippen LogP contribution in [0.2, 0.25) is 0 Å². The summed E-state index contributed by atoms with van der Waals surface area (Å²) in [7, 11) is 1.37. The Labute approximate surface area is 105 Å². The van der Waals surface area contributed by atoms with E-state index in [0.29, 0.717) is 12.0 Å². The smallest absolute Gasteiger partial charge is 0.337 e. The Hall–Kier alpha value is -1.88. The van der Waals surface area contributed by atoms with Gasteiger partial charge in [0.1, 0.15) is 12.2 Å². The van der Waals surface area contributed by atoms with Gasteiger partial charge in [-0.15, -0.1) is 12.4 Å². The second-order valence-electron chi connectivity index (χ2n) is 3.30. The van der Waals surface area contributed by atoms with E-state index >= 15 is 0 Å². The largest absolute Gasteiger partial charge is 0.465 e. The van der Waals surface area contributed by atoms with E-state index in [1.807, 2.05) is 12.1 Å². The zero-order valence-electron chi connectivity index (χ0n) is 9.21. The third kappa shape index (κ3) is 3.29. The van der Waals surface area contributed by atoms with Crippen LogP contribution in [0.4, 0.5) is 0 Å². The van der Waals surface area contributed by atoms with Crippen molar-refractivity contribution in [3.63, 3.8) is 0 Å². The Morgan fingerprint density at radius 1 is 1.35 bits per heavy atom. The minimum absolute atomic E-state index is 0. The standard InChI is InChI=1S/C11H11N3O2.ClH/c1-16-11(15)9-4-2-8(3-5-9)6-10-12-7-13-14-10;/h2-5,7H,6H2,1H3,(H,12,13,14);1H. The summed E-state index contributed by atoms with van der Waals surface area (Å²) in [5, 5.41) is 6.55. The maximum Gasteiger partial charge on any atom is 0.337 e. The Morgan fingerprint density at radius 3 is 2.59 bits per heavy atom. The van der Waals surface area contributed by atoms with Gasteiger partial charge >= 0.3 is 5.97 Å². The molecule has 0 saturated heterocycles. The Bertz CT molecular complexity index is 468. The molecule has 6 heteroatoms. The van der Waals surface area contributed by atoms with Gasteiger partial charge in [0, 0.05) is 6.42 Å². The minimum Gasteiger partial charge on any atom is -0.465 e. The van der Waals surface area contributed by atoms with Crippen molar-refractivity contribution >= 4 is 18.4 Å². The minimum atomic E-state index is -0.328. The number of hydrogen-bond acceptors (Lipinski definition) is 4. The number of H-pyrrole nitrogens is 1. The third-order valence-corrected chi connectivity index (χ3v) is 2.21. The van der Waals surface area contributed by atoms with Crippen LogP contribution in [0.25, 0.3) is 0 Å². The van der Waals surface area contributed by atoms with Gasteiger partial charge in [-0.05, 0) is 17.7 Å². The van der Waals surface area contributed by atoms with Crippen LogP contribution >= 0.6 is 12.4 Å². The first-order valence-corrected chi connectivity index (χ1v) is 4.81. The lowest BCUT2D eigenvalue weighted by molar-refractivity contribution is 0.0600. The summed E-state index contributed by atoms with van der Waals surface area (Å²) >= 11 is 0. The first kappa shape index (κ1) is 13.2. The molecule has 0 amide bonds. The molecule has 17 heavy (non-hydrogen) atoms. The number of carbonyl (C=O) groups excluding carboxylic acids is 1. The number of rotatable bonds is 3. The fourth-order valence-electron chi connectivity index (χ4n) is 1.39. The van der Waals surface area contributed by atoms with Gasteiger partial charge in [0.15, 0.2) is 0 Å². The van der Waals surface area contributed by atoms with E-state index in [1.165, 1.54) is 13.4 Å². The number of aromatic nitrogens is 3. The number of hydrogen-bond donors (Lipinski definition) is 1. The molecule has 2 aromatic rings. The van der Waals surface area contributed by atoms with Crippen LogP contribution in [-0.4, -0.2) is 28.3 Å². The van der Waals surface area contributed by atoms with Crippen LogP contribution in [0, 0.1) is 0 Å². The summed E-state index contributed by atoms with van der Waals surface area (Å²) in [5.74, 6) is 0.469. The molecule has 0 spiro atoms. The van der Waals surface area contributed by atoms with Crippen molar-refractivity contribution < 1.29 is 9.53 Å². The first-order valence-electron chi connectivity index (χ1n) is 4.81. The summed E-state index contributed by atoms with van der Waals surface area (Å²) in [4.78, 5) is 15.2. The Balaban J connectivity index is 0.00000144. The van der Waals surface area contributed by atoms with E-state index in [-0.39, 0.29) is 18.4 Å². The van der Waals surface area contributed by atoms with Crippen LogP contribution < -0.4 is 0 Å². The van der Waals surface area contributed by atoms with Crippen LogP contribution in [-0.2, 0) is 11.2 Å². The lowest BCUT2D eigenvalue weighted by Gasteiger charge is -2.01. The molecule has 1 heterocycles. The molecular formula is C11H12ClN3O2. The SMILES string of the molecule is COC(=O)c1ccc(Cc2ncn[nH]2)cc1.Cl. The van der Waals surface area contributed by atoms with E-state index in [0.717, 1.165) is 11.4 Å². The molecule has 1 N–H and O–H groups in total. The monoisotopic (exact) mass is 253 g/mol. The maximum atomic E-state index is 11.2. The van der Waals surface area contributed by atoms with Crippen LogP contribution in [0.1, 0.15) is 21.7 Å². The van der Waals surface area contributed by atoms with E-state index in [9.17, 15) is 4.79 Å². The fraction of sp³-hybridized carbons (Fsp3) is 0.182. The van der Waals surface area contributed by atoms with Crippen molar-refractivity contribution in [2.45, 2.75) is 6.42 Å². The highest BCUT2D eigenvalue weighted by molar-refractivity contribution is 5.89. The summed E-state index contributed by atoms with van der Waals surface area (Å²) in [6.45, 7) is 0. The van der Waals surface area contributed by atoms with E-state index in [2.05, 4.69) is 19.9 Å². The highest BCUT2D eigenvalue weighted by atomic mass is 35.5. The predicted octanol–water partition coefficient (Wildman–Crippen LogP) is 1.60. The average Bonchev–Trinajstić information content (AvgIpc) is 2.82. The van der Waals surface area contributed by atoms with Gasteiger partial charge < -0.3 is 4.74 Å². The number of halogens is 1. The zero-order valence-corrected chi connectivity index (χ0v) is 10.0. The van der Waals surface area contributed by atoms with Crippen molar-refractivity contribution in [3.05, 3.63) is 47.5 Å². The van der Waals surface area contributed by atoms with Gasteiger partial charge in [-0.2, -0.15) is 5.10 Å². The molecule has 0 aliphatic rings. The summed E-state index contributed by atoms with van der Waals surface area (Å²) in [6, 6.07) is 7.21. The number of ether oxygens (including phenoxy) is 1. The number of carbonyl (C=O) groups is 1. The quantitative estimate of drug-likeness (QED) is 0.844. The second-order valence-corrected chi connectivity index (χ2v) is 3.30. The highest BCUT2D eigenvalue weighted by Crippen LogP contribution is 2.08. The molecule has 0 bridgehead atoms. The molecular weight excluding hydrogens is 242 g/mol. The number of nitrogens with zero attached hydrogens (tertiary/aromatic N) is 2. The number of esters is 1. The van der Waals surface area contributed by atoms with Crippen molar-refractivity contribution in [1.82, 2.24) is 15.2 Å². The molecule has 1 aromatic heterocycles. The van der Waals surface area contributed by atoms with Crippen molar-refractivity contribution in [1.29, 1.82) is 0 Å². The molecule has 0 atom stereocenters. The lowest BCUT2D eigenvalue weighted by atomic mass is 10.1. The molecule has 2 rings (SSSR count). The van der Waals surface area contributed by atoms with E-state index in [1.54, 1.807) is 12.1 Å². The zero-order chi connectivity index (χ0) is 11.4. The number of aromatic amines is 1. The normalized spacial score (nSPS) is 9.47. The highest BCUT2D eigenvalue weighted by Gasteiger charge is 2.05. The molecule has 0 aliphatic carbocycles. The molecule has 0 saturated carbocycles. The van der Waals surface area contributed by atoms with Gasteiger partial charge in [0.25, 0.3) is 0 Å². The summed E-state index contributed by atoms with van der Waals surface area (Å²) < 4.78 is 4.61. The predicted molar refractivity (Wildman–Crippen MR) is 64.2 cm³/mol. The van der Waals surface area contributed by atoms with Gasteiger partial charge in [0.05, 0.1) is 12.7 Å². The molecule has 0 unspecified atom stereocenters. The van der Waals surface area contributed by atoms with E-state index < -0.39 is 0 Å². The topological polar surface area (TPSA) is 67.9 Å². The number of benzene rings is 1. The average molecular weight is 254 g/mol. The van der Waals surface area contributed by atoms with Crippen molar-refractivity contribution in [2.75, 3.05) is 7.11 Å². The van der Waals surface area contributed by atoms with Gasteiger partial charge in [0.2, 0.25) is 0 Å². The number of methoxy groups -OCH3 is 1. The molecule has 0 aliphatic heterocycles. The van der Waals surface area contributed by atoms with E-state index in [4.69, 9.17) is 0 Å². The van der Waals surface area contributed by atoms with Gasteiger partial charge in [-0.3, -0.25) is 5.10 Å². The molecule has 1 aromatic carbocycles. The molecule has 90 valence electrons. The van der Waals surface area contributed by atoms with Crippen LogP contribution in [0.15, 0.2) is 30.6 Å². The maximum absolute atomic E-state index is 11.2. The first-order chi connectivity index (χ1) is 7.79. The van der Waals surface area contributed by atoms with Crippen LogP contribution in [0.5, 0.6) is 0 Å². The molecule has 0 radical (unpaired) electrons. The summed E-state index contributed by atoms with van der Waals surface area (Å²) in [5.41, 5.74) is 1.60. The molecule has 0 fully saturated rings. The van der Waals surface area contributed by atoms with Crippen molar-refractivity contribution in [3.8, 4) is 0 Å². The Morgan fingerprint density at radius 2 is 2.06 bits per heavy atom. The summed E-state index contributed by atoms with van der Waals surface area (Å²) in [6.07, 6.45) is 2.14. The number of nitrogens with one attached hydrogen (secondary N) is 1. The van der Waals surface area contributed by atoms with Crippen LogP contribution in [0.3, 0.4) is 0 Å². The van der Waals surface area contributed by atoms with Gasteiger partial charge in [-0.25, -0.2) is 9.78 Å². The Kier molecular flexibility index (Phi) is 4.66. The molecule has 5 nitrogen and oxygen atoms in total. The van der Waals surface area contributed by atoms with Crippen molar-refractivity contribution in [2.24, 2.45) is 0 Å².